The molecule has 1 atom stereocenters. The summed E-state index contributed by atoms with van der Waals surface area (Å²) < 4.78 is 0. The van der Waals surface area contributed by atoms with E-state index in [-0.39, 0.29) is 0 Å². The molecule has 0 fully saturated rings. The van der Waals surface area contributed by atoms with E-state index in [9.17, 15) is 0 Å². The Hall–Kier alpha value is -0.720. The highest BCUT2D eigenvalue weighted by Crippen LogP contribution is 2.20. The Morgan fingerprint density at radius 2 is 1.92 bits per heavy atom. The van der Waals surface area contributed by atoms with Gasteiger partial charge in [-0.15, -0.1) is 0 Å². The van der Waals surface area contributed by atoms with Crippen molar-refractivity contribution >= 4 is 0 Å². The lowest BCUT2D eigenvalue weighted by Crippen LogP contribution is -2.02. The molecular weight excluding hydrogens is 158 g/mol. The van der Waals surface area contributed by atoms with E-state index in [4.69, 9.17) is 5.73 Å². The molecule has 0 aromatic carbocycles. The molecule has 0 spiro atoms. The van der Waals surface area contributed by atoms with Crippen molar-refractivity contribution in [3.8, 4) is 0 Å². The lowest BCUT2D eigenvalue weighted by molar-refractivity contribution is 0.491. The molecule has 76 valence electrons. The first-order valence-corrected chi connectivity index (χ1v) is 5.20. The zero-order valence-corrected chi connectivity index (χ0v) is 9.38. The predicted molar refractivity (Wildman–Crippen MR) is 60.3 cm³/mol. The van der Waals surface area contributed by atoms with Gasteiger partial charge in [-0.25, -0.2) is 0 Å². The van der Waals surface area contributed by atoms with Crippen LogP contribution in [0, 0.1) is 11.8 Å². The molecule has 0 saturated heterocycles. The molecule has 0 bridgehead atoms. The molecule has 0 aliphatic heterocycles. The van der Waals surface area contributed by atoms with Gasteiger partial charge in [-0.3, -0.25) is 0 Å². The van der Waals surface area contributed by atoms with Crippen molar-refractivity contribution in [3.63, 3.8) is 0 Å². The fourth-order valence-corrected chi connectivity index (χ4v) is 1.62. The zero-order chi connectivity index (χ0) is 10.3. The molecule has 0 amide bonds. The van der Waals surface area contributed by atoms with E-state index in [2.05, 4.69) is 33.8 Å². The van der Waals surface area contributed by atoms with Crippen LogP contribution in [-0.4, -0.2) is 0 Å². The lowest BCUT2D eigenvalue weighted by Gasteiger charge is -2.15. The molecule has 0 aliphatic carbocycles. The summed E-state index contributed by atoms with van der Waals surface area (Å²) in [6, 6.07) is 0. The van der Waals surface area contributed by atoms with Gasteiger partial charge in [-0.1, -0.05) is 33.8 Å². The van der Waals surface area contributed by atoms with Crippen LogP contribution < -0.4 is 5.73 Å². The minimum atomic E-state index is 0.625. The highest BCUT2D eigenvalue weighted by atomic mass is 14.5. The molecule has 1 nitrogen and oxygen atoms in total. The van der Waals surface area contributed by atoms with Gasteiger partial charge in [0.1, 0.15) is 0 Å². The van der Waals surface area contributed by atoms with E-state index >= 15 is 0 Å². The molecule has 0 aliphatic rings. The van der Waals surface area contributed by atoms with Crippen LogP contribution in [0.15, 0.2) is 23.9 Å². The lowest BCUT2D eigenvalue weighted by atomic mass is 9.91. The van der Waals surface area contributed by atoms with Gasteiger partial charge in [0.15, 0.2) is 0 Å². The average molecular weight is 181 g/mol. The number of hydrogen-bond donors (Lipinski definition) is 1. The summed E-state index contributed by atoms with van der Waals surface area (Å²) in [6.07, 6.45) is 8.24. The van der Waals surface area contributed by atoms with E-state index in [0.717, 1.165) is 12.3 Å². The summed E-state index contributed by atoms with van der Waals surface area (Å²) >= 11 is 0. The van der Waals surface area contributed by atoms with Crippen molar-refractivity contribution in [2.24, 2.45) is 17.6 Å². The Kier molecular flexibility index (Phi) is 6.38. The molecule has 0 aromatic rings. The topological polar surface area (TPSA) is 26.0 Å². The van der Waals surface area contributed by atoms with Crippen LogP contribution in [0.4, 0.5) is 0 Å². The first kappa shape index (κ1) is 12.3. The van der Waals surface area contributed by atoms with Gasteiger partial charge in [0, 0.05) is 0 Å². The minimum Gasteiger partial charge on any atom is -0.405 e. The van der Waals surface area contributed by atoms with Gasteiger partial charge in [0.05, 0.1) is 0 Å². The Morgan fingerprint density at radius 1 is 1.31 bits per heavy atom. The van der Waals surface area contributed by atoms with Crippen LogP contribution in [0.1, 0.15) is 40.5 Å². The first-order chi connectivity index (χ1) is 6.11. The van der Waals surface area contributed by atoms with E-state index in [1.165, 1.54) is 12.0 Å². The van der Waals surface area contributed by atoms with Crippen LogP contribution in [0.2, 0.25) is 0 Å². The summed E-state index contributed by atoms with van der Waals surface area (Å²) in [5, 5.41) is 0. The fraction of sp³-hybridized carbons (Fsp3) is 0.667. The van der Waals surface area contributed by atoms with Crippen molar-refractivity contribution in [2.75, 3.05) is 0 Å². The highest BCUT2D eigenvalue weighted by molar-refractivity contribution is 5.20. The van der Waals surface area contributed by atoms with Gasteiger partial charge >= 0.3 is 0 Å². The SMILES string of the molecule is CC/C=C(\C=C/N)C(C)CC(C)C. The van der Waals surface area contributed by atoms with Crippen LogP contribution in [-0.2, 0) is 0 Å². The fourth-order valence-electron chi connectivity index (χ4n) is 1.62. The zero-order valence-electron chi connectivity index (χ0n) is 9.38. The smallest absolute Gasteiger partial charge is 0.00596 e. The van der Waals surface area contributed by atoms with E-state index in [1.807, 2.05) is 6.08 Å². The van der Waals surface area contributed by atoms with Crippen LogP contribution in [0.25, 0.3) is 0 Å². The largest absolute Gasteiger partial charge is 0.405 e. The second-order valence-corrected chi connectivity index (χ2v) is 4.00. The number of nitrogens with two attached hydrogens (primary N) is 1. The normalized spacial score (nSPS) is 15.6. The van der Waals surface area contributed by atoms with Gasteiger partial charge in [-0.2, -0.15) is 0 Å². The second kappa shape index (κ2) is 6.76. The third-order valence-electron chi connectivity index (χ3n) is 2.12. The van der Waals surface area contributed by atoms with E-state index in [1.54, 1.807) is 6.20 Å². The molecule has 0 saturated carbocycles. The molecule has 0 rings (SSSR count). The van der Waals surface area contributed by atoms with Crippen molar-refractivity contribution in [2.45, 2.75) is 40.5 Å². The molecule has 0 radical (unpaired) electrons. The third-order valence-corrected chi connectivity index (χ3v) is 2.12. The van der Waals surface area contributed by atoms with Crippen LogP contribution in [0.3, 0.4) is 0 Å². The molecule has 1 unspecified atom stereocenters. The third kappa shape index (κ3) is 5.51. The summed E-state index contributed by atoms with van der Waals surface area (Å²) in [6.45, 7) is 8.94. The van der Waals surface area contributed by atoms with Crippen molar-refractivity contribution in [1.29, 1.82) is 0 Å². The Morgan fingerprint density at radius 3 is 2.31 bits per heavy atom. The van der Waals surface area contributed by atoms with Gasteiger partial charge < -0.3 is 5.73 Å². The number of allylic oxidation sites excluding steroid dienone is 3. The summed E-state index contributed by atoms with van der Waals surface area (Å²) in [5.41, 5.74) is 6.78. The number of rotatable bonds is 5. The monoisotopic (exact) mass is 181 g/mol. The maximum Gasteiger partial charge on any atom is -0.00596 e. The highest BCUT2D eigenvalue weighted by Gasteiger charge is 2.07. The summed E-state index contributed by atoms with van der Waals surface area (Å²) in [7, 11) is 0. The van der Waals surface area contributed by atoms with Crippen LogP contribution >= 0.6 is 0 Å². The maximum absolute atomic E-state index is 5.41. The Balaban J connectivity index is 4.28. The molecule has 0 aromatic heterocycles. The Bertz CT molecular complexity index is 178. The van der Waals surface area contributed by atoms with Crippen molar-refractivity contribution < 1.29 is 0 Å². The van der Waals surface area contributed by atoms with E-state index < -0.39 is 0 Å². The quantitative estimate of drug-likeness (QED) is 0.646. The van der Waals surface area contributed by atoms with Crippen LogP contribution in [0.5, 0.6) is 0 Å². The average Bonchev–Trinajstić information content (AvgIpc) is 2.02. The summed E-state index contributed by atoms with van der Waals surface area (Å²) in [4.78, 5) is 0. The molecule has 1 heteroatoms. The van der Waals surface area contributed by atoms with Crippen molar-refractivity contribution in [3.05, 3.63) is 23.9 Å². The minimum absolute atomic E-state index is 0.625. The molecule has 2 N–H and O–H groups in total. The van der Waals surface area contributed by atoms with Crippen molar-refractivity contribution in [1.82, 2.24) is 0 Å². The first-order valence-electron chi connectivity index (χ1n) is 5.20. The Labute approximate surface area is 82.7 Å². The summed E-state index contributed by atoms with van der Waals surface area (Å²) in [5.74, 6) is 1.38. The molecular formula is C12H23N. The standard InChI is InChI=1S/C12H23N/c1-5-6-12(7-8-13)11(4)9-10(2)3/h6-8,10-11H,5,9,13H2,1-4H3/b8-7-,12-6+. The second-order valence-electron chi connectivity index (χ2n) is 4.00. The van der Waals surface area contributed by atoms with Gasteiger partial charge in [0.2, 0.25) is 0 Å². The molecule has 0 heterocycles. The van der Waals surface area contributed by atoms with Gasteiger partial charge in [-0.05, 0) is 42.5 Å². The molecule has 13 heavy (non-hydrogen) atoms. The number of hydrogen-bond acceptors (Lipinski definition) is 1. The predicted octanol–water partition coefficient (Wildman–Crippen LogP) is 3.48. The van der Waals surface area contributed by atoms with Gasteiger partial charge in [0.25, 0.3) is 0 Å². The maximum atomic E-state index is 5.41. The van der Waals surface area contributed by atoms with E-state index in [0.29, 0.717) is 5.92 Å².